The molecule has 0 bridgehead atoms. The monoisotopic (exact) mass is 452 g/mol. The van der Waals surface area contributed by atoms with E-state index in [1.807, 2.05) is 43.3 Å². The number of aryl methyl sites for hydroxylation is 1. The van der Waals surface area contributed by atoms with Crippen LogP contribution in [0.2, 0.25) is 0 Å². The highest BCUT2D eigenvalue weighted by Gasteiger charge is 2.40. The maximum Gasteiger partial charge on any atom is 0.176 e. The average Bonchev–Trinajstić information content (AvgIpc) is 3.54. The Labute approximate surface area is 195 Å². The third kappa shape index (κ3) is 3.22. The Hall–Kier alpha value is -3.88. The van der Waals surface area contributed by atoms with E-state index in [4.69, 9.17) is 15.2 Å². The summed E-state index contributed by atoms with van der Waals surface area (Å²) >= 11 is 0. The van der Waals surface area contributed by atoms with Crippen molar-refractivity contribution in [3.05, 3.63) is 95.2 Å². The van der Waals surface area contributed by atoms with Crippen LogP contribution >= 0.6 is 0 Å². The van der Waals surface area contributed by atoms with Gasteiger partial charge in [0, 0.05) is 36.0 Å². The van der Waals surface area contributed by atoms with Gasteiger partial charge in [0.05, 0.1) is 22.4 Å². The molecule has 0 atom stereocenters. The third-order valence-electron chi connectivity index (χ3n) is 6.45. The molecule has 4 aromatic heterocycles. The molecule has 4 N–H and O–H groups in total. The SMILES string of the molecule is Cc1onc(CN)c1-c1cc(C(O)(c2ccccn2)c2ccccn2)c2nc(C3CC3)[nH]c2c1. The molecule has 1 aromatic carbocycles. The number of aromatic nitrogens is 5. The van der Waals surface area contributed by atoms with E-state index in [0.717, 1.165) is 35.3 Å². The summed E-state index contributed by atoms with van der Waals surface area (Å²) in [6, 6.07) is 14.9. The highest BCUT2D eigenvalue weighted by atomic mass is 16.5. The normalized spacial score (nSPS) is 14.1. The molecule has 8 nitrogen and oxygen atoms in total. The number of H-pyrrole nitrogens is 1. The van der Waals surface area contributed by atoms with Gasteiger partial charge in [0.25, 0.3) is 0 Å². The topological polar surface area (TPSA) is 127 Å². The first-order valence-electron chi connectivity index (χ1n) is 11.3. The van der Waals surface area contributed by atoms with Crippen LogP contribution in [0.4, 0.5) is 0 Å². The molecular weight excluding hydrogens is 428 g/mol. The van der Waals surface area contributed by atoms with Crippen molar-refractivity contribution in [1.29, 1.82) is 0 Å². The molecule has 6 rings (SSSR count). The fourth-order valence-electron chi connectivity index (χ4n) is 4.59. The minimum absolute atomic E-state index is 0.237. The zero-order chi connectivity index (χ0) is 23.3. The Morgan fingerprint density at radius 1 is 1.09 bits per heavy atom. The number of nitrogens with two attached hydrogens (primary N) is 1. The summed E-state index contributed by atoms with van der Waals surface area (Å²) in [5, 5.41) is 16.6. The summed E-state index contributed by atoms with van der Waals surface area (Å²) in [5.41, 5.74) is 9.65. The van der Waals surface area contributed by atoms with Gasteiger partial charge in [0.1, 0.15) is 17.3 Å². The number of nitrogens with zero attached hydrogens (tertiary/aromatic N) is 4. The van der Waals surface area contributed by atoms with Crippen molar-refractivity contribution >= 4 is 11.0 Å². The van der Waals surface area contributed by atoms with Gasteiger partial charge in [0.2, 0.25) is 0 Å². The van der Waals surface area contributed by atoms with E-state index in [1.54, 1.807) is 24.5 Å². The lowest BCUT2D eigenvalue weighted by molar-refractivity contribution is 0.117. The van der Waals surface area contributed by atoms with Crippen molar-refractivity contribution in [2.24, 2.45) is 5.73 Å². The fraction of sp³-hybridized carbons (Fsp3) is 0.231. The first-order chi connectivity index (χ1) is 16.6. The molecule has 4 heterocycles. The molecule has 0 saturated heterocycles. The summed E-state index contributed by atoms with van der Waals surface area (Å²) in [6.07, 6.45) is 5.55. The molecule has 0 amide bonds. The lowest BCUT2D eigenvalue weighted by atomic mass is 9.83. The summed E-state index contributed by atoms with van der Waals surface area (Å²) in [4.78, 5) is 17.5. The van der Waals surface area contributed by atoms with Crippen LogP contribution in [0, 0.1) is 6.92 Å². The average molecular weight is 453 g/mol. The van der Waals surface area contributed by atoms with E-state index in [1.165, 1.54) is 0 Å². The lowest BCUT2D eigenvalue weighted by Crippen LogP contribution is -2.31. The molecule has 170 valence electrons. The predicted octanol–water partition coefficient (Wildman–Crippen LogP) is 3.94. The second-order valence-corrected chi connectivity index (χ2v) is 8.72. The van der Waals surface area contributed by atoms with Gasteiger partial charge in [-0.15, -0.1) is 0 Å². The van der Waals surface area contributed by atoms with Crippen LogP contribution in [-0.4, -0.2) is 30.2 Å². The molecule has 1 fully saturated rings. The molecule has 0 unspecified atom stereocenters. The smallest absolute Gasteiger partial charge is 0.176 e. The molecule has 1 aliphatic rings. The van der Waals surface area contributed by atoms with Gasteiger partial charge in [-0.1, -0.05) is 17.3 Å². The van der Waals surface area contributed by atoms with Gasteiger partial charge < -0.3 is 20.3 Å². The highest BCUT2D eigenvalue weighted by Crippen LogP contribution is 2.44. The zero-order valence-electron chi connectivity index (χ0n) is 18.7. The van der Waals surface area contributed by atoms with Gasteiger partial charge in [-0.2, -0.15) is 0 Å². The van der Waals surface area contributed by atoms with Crippen LogP contribution in [-0.2, 0) is 12.1 Å². The van der Waals surface area contributed by atoms with Crippen LogP contribution in [0.25, 0.3) is 22.2 Å². The second-order valence-electron chi connectivity index (χ2n) is 8.72. The van der Waals surface area contributed by atoms with Crippen LogP contribution < -0.4 is 5.73 Å². The third-order valence-corrected chi connectivity index (χ3v) is 6.45. The number of pyridine rings is 2. The lowest BCUT2D eigenvalue weighted by Gasteiger charge is -2.28. The van der Waals surface area contributed by atoms with Crippen molar-refractivity contribution in [1.82, 2.24) is 25.1 Å². The minimum atomic E-state index is -1.64. The molecule has 34 heavy (non-hydrogen) atoms. The van der Waals surface area contributed by atoms with Crippen molar-refractivity contribution in [3.8, 4) is 11.1 Å². The van der Waals surface area contributed by atoms with Crippen LogP contribution in [0.5, 0.6) is 0 Å². The maximum absolute atomic E-state index is 12.5. The fourth-order valence-corrected chi connectivity index (χ4v) is 4.59. The standard InChI is InChI=1S/C26H24N6O2/c1-15-23(20(14-27)32-34-15)17-12-18(24-19(13-17)30-25(31-24)16-8-9-16)26(33,21-6-2-4-10-28-21)22-7-3-5-11-29-22/h2-7,10-13,16,33H,8-9,14,27H2,1H3,(H,30,31). The van der Waals surface area contributed by atoms with Gasteiger partial charge in [-0.25, -0.2) is 4.98 Å². The maximum atomic E-state index is 12.5. The number of nitrogens with one attached hydrogen (secondary N) is 1. The van der Waals surface area contributed by atoms with E-state index < -0.39 is 5.60 Å². The summed E-state index contributed by atoms with van der Waals surface area (Å²) < 4.78 is 5.46. The molecule has 8 heteroatoms. The van der Waals surface area contributed by atoms with Crippen LogP contribution in [0.1, 0.15) is 53.0 Å². The predicted molar refractivity (Wildman–Crippen MR) is 127 cm³/mol. The van der Waals surface area contributed by atoms with E-state index in [9.17, 15) is 5.11 Å². The highest BCUT2D eigenvalue weighted by molar-refractivity contribution is 5.88. The van der Waals surface area contributed by atoms with Gasteiger partial charge in [-0.05, 0) is 61.7 Å². The van der Waals surface area contributed by atoms with Crippen LogP contribution in [0.15, 0.2) is 65.4 Å². The molecular formula is C26H24N6O2. The summed E-state index contributed by atoms with van der Waals surface area (Å²) in [5.74, 6) is 2.00. The number of rotatable bonds is 6. The summed E-state index contributed by atoms with van der Waals surface area (Å²) in [7, 11) is 0. The van der Waals surface area contributed by atoms with Crippen molar-refractivity contribution in [2.75, 3.05) is 0 Å². The number of hydrogen-bond donors (Lipinski definition) is 3. The number of aliphatic hydroxyl groups is 1. The number of aromatic amines is 1. The van der Waals surface area contributed by atoms with Gasteiger partial charge in [-0.3, -0.25) is 9.97 Å². The molecule has 1 saturated carbocycles. The van der Waals surface area contributed by atoms with Gasteiger partial charge >= 0.3 is 0 Å². The molecule has 0 aliphatic heterocycles. The Morgan fingerprint density at radius 2 is 1.79 bits per heavy atom. The number of imidazole rings is 1. The van der Waals surface area contributed by atoms with Crippen LogP contribution in [0.3, 0.4) is 0 Å². The number of benzene rings is 1. The van der Waals surface area contributed by atoms with Crippen molar-refractivity contribution in [2.45, 2.75) is 37.8 Å². The number of hydrogen-bond acceptors (Lipinski definition) is 7. The Balaban J connectivity index is 1.69. The molecule has 1 aliphatic carbocycles. The van der Waals surface area contributed by atoms with E-state index in [0.29, 0.717) is 39.8 Å². The Morgan fingerprint density at radius 3 is 2.38 bits per heavy atom. The first kappa shape index (κ1) is 20.7. The molecule has 0 radical (unpaired) electrons. The largest absolute Gasteiger partial charge is 0.373 e. The van der Waals surface area contributed by atoms with E-state index in [-0.39, 0.29) is 6.54 Å². The first-order valence-corrected chi connectivity index (χ1v) is 11.3. The van der Waals surface area contributed by atoms with E-state index in [2.05, 4.69) is 20.1 Å². The zero-order valence-corrected chi connectivity index (χ0v) is 18.7. The van der Waals surface area contributed by atoms with Gasteiger partial charge in [0.15, 0.2) is 5.60 Å². The molecule has 5 aromatic rings. The minimum Gasteiger partial charge on any atom is -0.373 e. The van der Waals surface area contributed by atoms with Crippen molar-refractivity contribution < 1.29 is 9.63 Å². The molecule has 0 spiro atoms. The second kappa shape index (κ2) is 7.86. The quantitative estimate of drug-likeness (QED) is 0.356. The van der Waals surface area contributed by atoms with E-state index >= 15 is 0 Å². The Bertz CT molecular complexity index is 1430. The van der Waals surface area contributed by atoms with Crippen molar-refractivity contribution in [3.63, 3.8) is 0 Å². The number of fused-ring (bicyclic) bond motifs is 1. The Kier molecular flexibility index (Phi) is 4.79. The summed E-state index contributed by atoms with van der Waals surface area (Å²) in [6.45, 7) is 2.10.